The van der Waals surface area contributed by atoms with E-state index in [0.29, 0.717) is 18.4 Å². The third kappa shape index (κ3) is 29.5. The first-order valence-corrected chi connectivity index (χ1v) is 35.8. The lowest BCUT2D eigenvalue weighted by Gasteiger charge is -2.33. The van der Waals surface area contributed by atoms with E-state index in [0.717, 1.165) is 27.6 Å². The molecular formula is C66H109N25O18. The maximum atomic E-state index is 14.7. The number of hydrogen-bond acceptors (Lipinski definition) is 21. The van der Waals surface area contributed by atoms with Gasteiger partial charge in [0, 0.05) is 69.2 Å². The van der Waals surface area contributed by atoms with Crippen molar-refractivity contribution in [3.05, 3.63) is 36.0 Å². The number of aromatic amines is 1. The second-order valence-corrected chi connectivity index (χ2v) is 26.9. The van der Waals surface area contributed by atoms with Crippen molar-refractivity contribution in [2.24, 2.45) is 72.5 Å². The zero-order chi connectivity index (χ0) is 81.4. The molecule has 0 bridgehead atoms. The molecule has 109 heavy (non-hydrogen) atoms. The molecule has 4 rings (SSSR count). The molecule has 2 aromatic rings. The van der Waals surface area contributed by atoms with Gasteiger partial charge in [0.1, 0.15) is 66.5 Å². The van der Waals surface area contributed by atoms with Gasteiger partial charge in [0.15, 0.2) is 17.9 Å². The number of amides is 14. The van der Waals surface area contributed by atoms with E-state index in [1.54, 1.807) is 44.3 Å². The van der Waals surface area contributed by atoms with Gasteiger partial charge in [-0.2, -0.15) is 0 Å². The number of likely N-dealkylation sites (tertiary alicyclic amines) is 2. The van der Waals surface area contributed by atoms with Crippen LogP contribution in [0.25, 0.3) is 10.9 Å². The number of nitrogens with two attached hydrogens (primary N) is 9. The summed E-state index contributed by atoms with van der Waals surface area (Å²) < 4.78 is 0. The maximum absolute atomic E-state index is 14.7. The van der Waals surface area contributed by atoms with Crippen LogP contribution in [0.3, 0.4) is 0 Å². The van der Waals surface area contributed by atoms with Crippen molar-refractivity contribution in [1.29, 1.82) is 0 Å². The summed E-state index contributed by atoms with van der Waals surface area (Å²) >= 11 is 0. The molecule has 14 amide bonds. The lowest BCUT2D eigenvalue weighted by molar-refractivity contribution is -0.151. The predicted octanol–water partition coefficient (Wildman–Crippen LogP) is -9.25. The van der Waals surface area contributed by atoms with Gasteiger partial charge >= 0.3 is 12.0 Å². The minimum absolute atomic E-state index is 0.0172. The molecule has 0 aliphatic carbocycles. The molecule has 1 aromatic heterocycles. The smallest absolute Gasteiger partial charge is 0.326 e. The van der Waals surface area contributed by atoms with Crippen LogP contribution in [0, 0.1) is 5.92 Å². The number of carbonyl (C=O) groups excluding carboxylic acids is 13. The van der Waals surface area contributed by atoms with Gasteiger partial charge in [-0.05, 0) is 115 Å². The average molecular weight is 1540 g/mol. The van der Waals surface area contributed by atoms with Crippen molar-refractivity contribution in [1.82, 2.24) is 68.0 Å². The summed E-state index contributed by atoms with van der Waals surface area (Å²) in [6, 6.07) is -12.4. The molecule has 2 saturated heterocycles. The van der Waals surface area contributed by atoms with E-state index >= 15 is 0 Å². The fourth-order valence-corrected chi connectivity index (χ4v) is 12.1. The molecule has 2 aliphatic rings. The highest BCUT2D eigenvalue weighted by Gasteiger charge is 2.45. The van der Waals surface area contributed by atoms with Crippen molar-refractivity contribution in [3.8, 4) is 0 Å². The Hall–Kier alpha value is -11.2. The van der Waals surface area contributed by atoms with Gasteiger partial charge in [0.25, 0.3) is 0 Å². The molecule has 0 saturated carbocycles. The summed E-state index contributed by atoms with van der Waals surface area (Å²) in [5.41, 5.74) is 51.4. The van der Waals surface area contributed by atoms with Gasteiger partial charge in [-0.1, -0.05) is 32.0 Å². The number of aliphatic hydroxyl groups excluding tert-OH is 3. The molecule has 14 atom stereocenters. The molecule has 0 spiro atoms. The third-order valence-electron chi connectivity index (χ3n) is 17.9. The molecule has 2 aliphatic heterocycles. The van der Waals surface area contributed by atoms with Crippen LogP contribution in [0.4, 0.5) is 4.79 Å². The summed E-state index contributed by atoms with van der Waals surface area (Å²) in [6.45, 7) is 4.02. The molecular weight excluding hydrogens is 1430 g/mol. The highest BCUT2D eigenvalue weighted by Crippen LogP contribution is 2.24. The van der Waals surface area contributed by atoms with Crippen molar-refractivity contribution in [2.75, 3.05) is 45.9 Å². The normalized spacial score (nSPS) is 17.3. The zero-order valence-corrected chi connectivity index (χ0v) is 61.5. The third-order valence-corrected chi connectivity index (χ3v) is 17.9. The zero-order valence-electron chi connectivity index (χ0n) is 61.5. The van der Waals surface area contributed by atoms with Crippen LogP contribution in [-0.2, 0) is 68.7 Å². The first kappa shape index (κ1) is 90.2. The van der Waals surface area contributed by atoms with Crippen LogP contribution < -0.4 is 105 Å². The Balaban J connectivity index is 1.62. The van der Waals surface area contributed by atoms with Gasteiger partial charge in [-0.3, -0.25) is 72.5 Å². The number of urea groups is 1. The minimum atomic E-state index is -1.88. The van der Waals surface area contributed by atoms with E-state index in [2.05, 4.69) is 73.1 Å². The molecule has 2 fully saturated rings. The number of benzene rings is 1. The fraction of sp³-hybridized carbons (Fsp3) is 0.621. The molecule has 33 N–H and O–H groups in total. The summed E-state index contributed by atoms with van der Waals surface area (Å²) in [7, 11) is 0. The van der Waals surface area contributed by atoms with Gasteiger partial charge in [-0.25, -0.2) is 9.59 Å². The topological polar surface area (TPSA) is 734 Å². The van der Waals surface area contributed by atoms with Gasteiger partial charge in [-0.15, -0.1) is 0 Å². The number of aliphatic imine (C=N–C) groups is 3. The van der Waals surface area contributed by atoms with Gasteiger partial charge < -0.3 is 140 Å². The second kappa shape index (κ2) is 44.8. The number of para-hydroxylation sites is 1. The van der Waals surface area contributed by atoms with E-state index in [-0.39, 0.29) is 128 Å². The number of guanidine groups is 3. The van der Waals surface area contributed by atoms with Crippen LogP contribution in [-0.4, -0.2) is 267 Å². The molecule has 1 aromatic carbocycles. The SMILES string of the molecule is CC(C)[C@H](NC(=O)[C@H](Cc1c[nH]c2ccccc12)NC(=O)[C@@H](N)CCCN=C(N)N)C(=O)N[C@@H](CO)C(=O)N[C@@H](CCC(N)=O)C(=O)N[C@@H](CCCNC(N)=O)C(=O)N[C@@H](CCCN=C(N)N)C(=O)N[C@@H](CCCN=C(N)N)C(=O)N[C@H](C(=O)N1CCC[C@H]1C(=O)N[C@H](C(=O)N1CCC[C@H]1C(=O)O)[C@@H](C)O)[C@@H](C)O. The van der Waals surface area contributed by atoms with E-state index in [1.807, 2.05) is 0 Å². The van der Waals surface area contributed by atoms with Crippen LogP contribution in [0.15, 0.2) is 45.4 Å². The number of aliphatic carboxylic acids is 1. The first-order valence-electron chi connectivity index (χ1n) is 35.8. The summed E-state index contributed by atoms with van der Waals surface area (Å²) in [6.07, 6.45) is -2.82. The number of fused-ring (bicyclic) bond motifs is 1. The molecule has 43 nitrogen and oxygen atoms in total. The Morgan fingerprint density at radius 3 is 1.41 bits per heavy atom. The molecule has 0 radical (unpaired) electrons. The molecule has 43 heteroatoms. The number of nitrogens with one attached hydrogen (secondary N) is 11. The predicted molar refractivity (Wildman–Crippen MR) is 395 cm³/mol. The van der Waals surface area contributed by atoms with E-state index in [9.17, 15) is 87.5 Å². The summed E-state index contributed by atoms with van der Waals surface area (Å²) in [4.78, 5) is 210. The molecule has 0 unspecified atom stereocenters. The Kier molecular flexibility index (Phi) is 37.1. The fourth-order valence-electron chi connectivity index (χ4n) is 12.1. The highest BCUT2D eigenvalue weighted by molar-refractivity contribution is 6.00. The number of aromatic nitrogens is 1. The standard InChI is InChI=1S/C66H109N25O18/c1-32(2)48(87-56(101)43(29-35-30-80-38-15-6-5-13-36(35)38)85-51(96)37(67)14-7-23-76-63(69)70)59(104)86-44(31-92)57(102)84-42(21-22-47(68)95)54(99)82-40(18-10-26-79-66(75)109)52(97)81-39(16-8-24-77-64(71)72)53(98)83-41(17-9-25-78-65(73)74)55(100)88-49(33(3)93)60(105)90-27-11-19-45(90)58(103)89-50(34(4)94)61(106)91-28-12-20-46(91)62(107)108/h5-6,13,15,30,32-34,37,39-46,48-50,80,92-94H,7-12,14,16-29,31,67H2,1-4H3,(H2,68,95)(H,81,97)(H,82,99)(H,83,98)(H,84,102)(H,85,96)(H,86,104)(H,87,101)(H,88,100)(H,89,103)(H,107,108)(H4,69,70,76)(H4,71,72,77)(H4,73,74,78)(H3,75,79,109)/t33-,34-,37+,39+,40+,41+,42+,43+,44+,45+,46+,48+,49+,50+/m1/s1. The van der Waals surface area contributed by atoms with E-state index in [4.69, 9.17) is 51.6 Å². The highest BCUT2D eigenvalue weighted by atomic mass is 16.4. The second-order valence-electron chi connectivity index (χ2n) is 26.9. The molecule has 606 valence electrons. The number of carbonyl (C=O) groups is 14. The van der Waals surface area contributed by atoms with Gasteiger partial charge in [0.2, 0.25) is 70.9 Å². The monoisotopic (exact) mass is 1540 g/mol. The van der Waals surface area contributed by atoms with Crippen LogP contribution in [0.1, 0.15) is 123 Å². The first-order chi connectivity index (χ1) is 51.4. The Labute approximate surface area is 628 Å². The Morgan fingerprint density at radius 2 is 0.936 bits per heavy atom. The van der Waals surface area contributed by atoms with E-state index < -0.39 is 193 Å². The lowest BCUT2D eigenvalue weighted by atomic mass is 10.00. The Bertz CT molecular complexity index is 3580. The average Bonchev–Trinajstić information content (AvgIpc) is 1.73. The number of aliphatic hydroxyl groups is 3. The number of H-pyrrole nitrogens is 1. The largest absolute Gasteiger partial charge is 0.480 e. The van der Waals surface area contributed by atoms with Crippen molar-refractivity contribution in [2.45, 2.75) is 209 Å². The number of nitrogens with zero attached hydrogens (tertiary/aromatic N) is 5. The summed E-state index contributed by atoms with van der Waals surface area (Å²) in [5, 5.41) is 67.7. The van der Waals surface area contributed by atoms with Crippen LogP contribution in [0.5, 0.6) is 0 Å². The molecule has 3 heterocycles. The van der Waals surface area contributed by atoms with Gasteiger partial charge in [0.05, 0.1) is 24.9 Å². The van der Waals surface area contributed by atoms with Crippen molar-refractivity contribution >= 4 is 112 Å². The van der Waals surface area contributed by atoms with Crippen LogP contribution in [0.2, 0.25) is 0 Å². The number of hydrogen-bond donors (Lipinski definition) is 24. The quantitative estimate of drug-likeness (QED) is 0.0166. The van der Waals surface area contributed by atoms with Crippen LogP contribution >= 0.6 is 0 Å². The Morgan fingerprint density at radius 1 is 0.514 bits per heavy atom. The van der Waals surface area contributed by atoms with Crippen molar-refractivity contribution in [3.63, 3.8) is 0 Å². The number of carboxylic acid groups (broad SMARTS) is 1. The van der Waals surface area contributed by atoms with E-state index in [1.165, 1.54) is 6.92 Å². The minimum Gasteiger partial charge on any atom is -0.480 e. The van der Waals surface area contributed by atoms with Crippen molar-refractivity contribution < 1.29 is 87.5 Å². The lowest BCUT2D eigenvalue weighted by Crippen LogP contribution is -2.62. The number of rotatable bonds is 46. The summed E-state index contributed by atoms with van der Waals surface area (Å²) in [5.74, 6) is -14.9. The maximum Gasteiger partial charge on any atom is 0.326 e. The number of primary amides is 2. The number of carboxylic acids is 1.